The summed E-state index contributed by atoms with van der Waals surface area (Å²) in [7, 11) is 1.32. The molecule has 1 fully saturated rings. The fourth-order valence-corrected chi connectivity index (χ4v) is 2.10. The minimum atomic E-state index is -0.730. The van der Waals surface area contributed by atoms with Crippen molar-refractivity contribution in [3.05, 3.63) is 0 Å². The van der Waals surface area contributed by atoms with E-state index >= 15 is 0 Å². The average molecular weight is 201 g/mol. The van der Waals surface area contributed by atoms with E-state index in [4.69, 9.17) is 0 Å². The average Bonchev–Trinajstić information content (AvgIpc) is 2.14. The molecule has 1 amide bonds. The molecule has 14 heavy (non-hydrogen) atoms. The lowest BCUT2D eigenvalue weighted by Crippen LogP contribution is -2.45. The SMILES string of the molecule is COC(=O)NCC1(O)CCCC(C)C1. The van der Waals surface area contributed by atoms with Crippen LogP contribution in [0.4, 0.5) is 4.79 Å². The molecule has 2 atom stereocenters. The van der Waals surface area contributed by atoms with Gasteiger partial charge in [0.05, 0.1) is 12.7 Å². The van der Waals surface area contributed by atoms with Gasteiger partial charge in [-0.25, -0.2) is 4.79 Å². The fraction of sp³-hybridized carbons (Fsp3) is 0.900. The Morgan fingerprint density at radius 2 is 2.43 bits per heavy atom. The molecular weight excluding hydrogens is 182 g/mol. The van der Waals surface area contributed by atoms with Crippen molar-refractivity contribution in [1.29, 1.82) is 0 Å². The van der Waals surface area contributed by atoms with Crippen molar-refractivity contribution < 1.29 is 14.6 Å². The second-order valence-electron chi connectivity index (χ2n) is 4.27. The summed E-state index contributed by atoms with van der Waals surface area (Å²) in [5, 5.41) is 12.7. The van der Waals surface area contributed by atoms with Crippen LogP contribution in [-0.4, -0.2) is 30.5 Å². The van der Waals surface area contributed by atoms with E-state index in [0.717, 1.165) is 19.3 Å². The largest absolute Gasteiger partial charge is 0.453 e. The molecule has 1 rings (SSSR count). The van der Waals surface area contributed by atoms with Gasteiger partial charge in [0.15, 0.2) is 0 Å². The van der Waals surface area contributed by atoms with Crippen LogP contribution in [0.1, 0.15) is 32.6 Å². The second kappa shape index (κ2) is 4.64. The molecule has 0 aromatic heterocycles. The maximum absolute atomic E-state index is 10.8. The first-order valence-corrected chi connectivity index (χ1v) is 5.10. The predicted octanol–water partition coefficient (Wildman–Crippen LogP) is 1.28. The zero-order valence-electron chi connectivity index (χ0n) is 8.88. The maximum atomic E-state index is 10.8. The molecule has 0 heterocycles. The van der Waals surface area contributed by atoms with Crippen molar-refractivity contribution in [1.82, 2.24) is 5.32 Å². The van der Waals surface area contributed by atoms with Crippen molar-refractivity contribution in [3.8, 4) is 0 Å². The van der Waals surface area contributed by atoms with Gasteiger partial charge in [0, 0.05) is 6.54 Å². The van der Waals surface area contributed by atoms with Crippen LogP contribution in [0.25, 0.3) is 0 Å². The van der Waals surface area contributed by atoms with Gasteiger partial charge in [0.1, 0.15) is 0 Å². The van der Waals surface area contributed by atoms with Gasteiger partial charge in [-0.15, -0.1) is 0 Å². The number of amides is 1. The van der Waals surface area contributed by atoms with E-state index in [1.807, 2.05) is 0 Å². The maximum Gasteiger partial charge on any atom is 0.406 e. The van der Waals surface area contributed by atoms with Crippen LogP contribution in [0, 0.1) is 5.92 Å². The van der Waals surface area contributed by atoms with Crippen LogP contribution >= 0.6 is 0 Å². The highest BCUT2D eigenvalue weighted by atomic mass is 16.5. The lowest BCUT2D eigenvalue weighted by Gasteiger charge is -2.35. The first kappa shape index (κ1) is 11.3. The summed E-state index contributed by atoms with van der Waals surface area (Å²) in [6.45, 7) is 2.42. The third-order valence-corrected chi connectivity index (χ3v) is 2.81. The summed E-state index contributed by atoms with van der Waals surface area (Å²) in [4.78, 5) is 10.8. The summed E-state index contributed by atoms with van der Waals surface area (Å²) in [5.41, 5.74) is -0.730. The van der Waals surface area contributed by atoms with Gasteiger partial charge in [-0.3, -0.25) is 0 Å². The number of ether oxygens (including phenoxy) is 1. The quantitative estimate of drug-likeness (QED) is 0.707. The molecule has 0 aromatic rings. The van der Waals surface area contributed by atoms with Crippen molar-refractivity contribution >= 4 is 6.09 Å². The van der Waals surface area contributed by atoms with Gasteiger partial charge in [-0.1, -0.05) is 19.8 Å². The van der Waals surface area contributed by atoms with Gasteiger partial charge < -0.3 is 15.2 Å². The van der Waals surface area contributed by atoms with E-state index in [0.29, 0.717) is 12.5 Å². The van der Waals surface area contributed by atoms with E-state index < -0.39 is 11.7 Å². The molecule has 4 heteroatoms. The zero-order valence-corrected chi connectivity index (χ0v) is 8.88. The second-order valence-corrected chi connectivity index (χ2v) is 4.27. The van der Waals surface area contributed by atoms with Crippen LogP contribution in [-0.2, 0) is 4.74 Å². The third kappa shape index (κ3) is 3.18. The Bertz CT molecular complexity index is 208. The number of carbonyl (C=O) groups is 1. The summed E-state index contributed by atoms with van der Waals surface area (Å²) < 4.78 is 4.45. The van der Waals surface area contributed by atoms with Crippen LogP contribution in [0.15, 0.2) is 0 Å². The molecule has 0 bridgehead atoms. The lowest BCUT2D eigenvalue weighted by molar-refractivity contribution is -0.0112. The molecule has 0 spiro atoms. The molecule has 0 aliphatic heterocycles. The smallest absolute Gasteiger partial charge is 0.406 e. The first-order chi connectivity index (χ1) is 6.56. The van der Waals surface area contributed by atoms with E-state index in [1.165, 1.54) is 13.5 Å². The van der Waals surface area contributed by atoms with Gasteiger partial charge in [-0.2, -0.15) is 0 Å². The molecule has 2 unspecified atom stereocenters. The van der Waals surface area contributed by atoms with Gasteiger partial charge in [-0.05, 0) is 18.8 Å². The number of hydrogen-bond donors (Lipinski definition) is 2. The molecule has 2 N–H and O–H groups in total. The summed E-state index contributed by atoms with van der Waals surface area (Å²) >= 11 is 0. The number of carbonyl (C=O) groups excluding carboxylic acids is 1. The molecule has 1 saturated carbocycles. The van der Waals surface area contributed by atoms with Crippen molar-refractivity contribution in [2.45, 2.75) is 38.2 Å². The summed E-state index contributed by atoms with van der Waals surface area (Å²) in [6.07, 6.45) is 3.25. The predicted molar refractivity (Wildman–Crippen MR) is 53.0 cm³/mol. The van der Waals surface area contributed by atoms with Gasteiger partial charge in [0.2, 0.25) is 0 Å². The van der Waals surface area contributed by atoms with Crippen LogP contribution in [0.2, 0.25) is 0 Å². The topological polar surface area (TPSA) is 58.6 Å². The molecule has 0 aromatic carbocycles. The number of nitrogens with one attached hydrogen (secondary N) is 1. The third-order valence-electron chi connectivity index (χ3n) is 2.81. The molecule has 0 radical (unpaired) electrons. The Morgan fingerprint density at radius 3 is 3.00 bits per heavy atom. The van der Waals surface area contributed by atoms with Crippen molar-refractivity contribution in [3.63, 3.8) is 0 Å². The monoisotopic (exact) mass is 201 g/mol. The number of alkyl carbamates (subject to hydrolysis) is 1. The summed E-state index contributed by atoms with van der Waals surface area (Å²) in [5.74, 6) is 0.535. The lowest BCUT2D eigenvalue weighted by atomic mass is 9.79. The van der Waals surface area contributed by atoms with E-state index in [2.05, 4.69) is 17.0 Å². The zero-order chi connectivity index (χ0) is 10.6. The van der Waals surface area contributed by atoms with Crippen molar-refractivity contribution in [2.75, 3.05) is 13.7 Å². The molecule has 82 valence electrons. The van der Waals surface area contributed by atoms with Crippen LogP contribution in [0.5, 0.6) is 0 Å². The highest BCUT2D eigenvalue weighted by molar-refractivity contribution is 5.66. The minimum absolute atomic E-state index is 0.296. The standard InChI is InChI=1S/C10H19NO3/c1-8-4-3-5-10(13,6-8)7-11-9(12)14-2/h8,13H,3-7H2,1-2H3,(H,11,12). The Kier molecular flexibility index (Phi) is 3.75. The van der Waals surface area contributed by atoms with Crippen molar-refractivity contribution in [2.24, 2.45) is 5.92 Å². The van der Waals surface area contributed by atoms with Crippen LogP contribution < -0.4 is 5.32 Å². The van der Waals surface area contributed by atoms with E-state index in [1.54, 1.807) is 0 Å². The van der Waals surface area contributed by atoms with Gasteiger partial charge >= 0.3 is 6.09 Å². The fourth-order valence-electron chi connectivity index (χ4n) is 2.10. The number of methoxy groups -OCH3 is 1. The summed E-state index contributed by atoms with van der Waals surface area (Å²) in [6, 6.07) is 0. The van der Waals surface area contributed by atoms with E-state index in [9.17, 15) is 9.90 Å². The molecule has 1 aliphatic rings. The number of rotatable bonds is 2. The van der Waals surface area contributed by atoms with Crippen LogP contribution in [0.3, 0.4) is 0 Å². The Hall–Kier alpha value is -0.770. The highest BCUT2D eigenvalue weighted by Gasteiger charge is 2.32. The molecular formula is C10H19NO3. The number of aliphatic hydroxyl groups is 1. The first-order valence-electron chi connectivity index (χ1n) is 5.10. The highest BCUT2D eigenvalue weighted by Crippen LogP contribution is 2.31. The molecule has 4 nitrogen and oxygen atoms in total. The Balaban J connectivity index is 2.37. The Morgan fingerprint density at radius 1 is 1.71 bits per heavy atom. The Labute approximate surface area is 84.6 Å². The minimum Gasteiger partial charge on any atom is -0.453 e. The number of hydrogen-bond acceptors (Lipinski definition) is 3. The van der Waals surface area contributed by atoms with E-state index in [-0.39, 0.29) is 0 Å². The molecule has 0 saturated heterocycles. The molecule has 1 aliphatic carbocycles. The van der Waals surface area contributed by atoms with Gasteiger partial charge in [0.25, 0.3) is 0 Å². The normalized spacial score (nSPS) is 32.4.